The first kappa shape index (κ1) is 24.8. The number of nitrogens with two attached hydrogens (primary N) is 1. The Bertz CT molecular complexity index is 1050. The molecule has 0 bridgehead atoms. The quantitative estimate of drug-likeness (QED) is 0.414. The Morgan fingerprint density at radius 1 is 1.03 bits per heavy atom. The topological polar surface area (TPSA) is 134 Å². The van der Waals surface area contributed by atoms with Gasteiger partial charge in [0.1, 0.15) is 0 Å². The Labute approximate surface area is 197 Å². The summed E-state index contributed by atoms with van der Waals surface area (Å²) in [5.41, 5.74) is 5.92. The molecule has 3 rings (SSSR count). The van der Waals surface area contributed by atoms with Gasteiger partial charge in [-0.2, -0.15) is 0 Å². The number of hydrogen-bond acceptors (Lipinski definition) is 7. The van der Waals surface area contributed by atoms with Crippen LogP contribution in [0.2, 0.25) is 0 Å². The normalized spacial score (nSPS) is 13.7. The fraction of sp³-hybridized carbons (Fsp3) is 0.417. The second-order valence-corrected chi connectivity index (χ2v) is 8.11. The van der Waals surface area contributed by atoms with Gasteiger partial charge in [0.15, 0.2) is 23.9 Å². The van der Waals surface area contributed by atoms with Crippen molar-refractivity contribution in [3.05, 3.63) is 57.6 Å². The van der Waals surface area contributed by atoms with E-state index in [0.717, 1.165) is 37.7 Å². The predicted molar refractivity (Wildman–Crippen MR) is 124 cm³/mol. The molecule has 1 aliphatic rings. The van der Waals surface area contributed by atoms with E-state index in [4.69, 9.17) is 19.9 Å². The summed E-state index contributed by atoms with van der Waals surface area (Å²) in [6, 6.07) is 9.47. The Morgan fingerprint density at radius 2 is 1.71 bits per heavy atom. The van der Waals surface area contributed by atoms with Crippen LogP contribution in [0.15, 0.2) is 36.4 Å². The molecule has 10 nitrogen and oxygen atoms in total. The van der Waals surface area contributed by atoms with Crippen molar-refractivity contribution in [2.45, 2.75) is 44.7 Å². The molecule has 0 spiro atoms. The van der Waals surface area contributed by atoms with Crippen molar-refractivity contribution in [3.63, 3.8) is 0 Å². The van der Waals surface area contributed by atoms with E-state index in [0.29, 0.717) is 11.5 Å². The molecule has 0 unspecified atom stereocenters. The number of nitrogens with zero attached hydrogens (tertiary/aromatic N) is 2. The van der Waals surface area contributed by atoms with Gasteiger partial charge in [-0.05, 0) is 42.7 Å². The molecule has 0 aromatic heterocycles. The Morgan fingerprint density at radius 3 is 2.32 bits per heavy atom. The fourth-order valence-electron chi connectivity index (χ4n) is 4.17. The second kappa shape index (κ2) is 11.4. The van der Waals surface area contributed by atoms with Crippen molar-refractivity contribution >= 4 is 17.5 Å². The lowest BCUT2D eigenvalue weighted by Crippen LogP contribution is -2.41. The molecule has 10 heteroatoms. The van der Waals surface area contributed by atoms with Crippen LogP contribution in [0.5, 0.6) is 17.2 Å². The van der Waals surface area contributed by atoms with Gasteiger partial charge in [-0.15, -0.1) is 0 Å². The predicted octanol–water partition coefficient (Wildman–Crippen LogP) is 3.45. The summed E-state index contributed by atoms with van der Waals surface area (Å²) in [7, 11) is 2.83. The average Bonchev–Trinajstić information content (AvgIpc) is 2.85. The van der Waals surface area contributed by atoms with Gasteiger partial charge in [0.05, 0.1) is 19.1 Å². The standard InChI is InChI=1S/C24H29N3O7/c1-32-20-11-9-17(13-19(20)27(30)31)24(29)26(18-6-4-3-5-7-18)14-16-8-10-21(22(12-16)33-2)34-15-23(25)28/h8-13,18H,3-7,14-15H2,1-2H3,(H2,25,28). The van der Waals surface area contributed by atoms with Crippen molar-refractivity contribution < 1.29 is 28.7 Å². The monoisotopic (exact) mass is 471 g/mol. The van der Waals surface area contributed by atoms with E-state index in [9.17, 15) is 19.7 Å². The molecule has 1 fully saturated rings. The highest BCUT2D eigenvalue weighted by atomic mass is 16.6. The third kappa shape index (κ3) is 5.94. The number of carbonyl (C=O) groups is 2. The van der Waals surface area contributed by atoms with E-state index >= 15 is 0 Å². The lowest BCUT2D eigenvalue weighted by atomic mass is 9.93. The molecule has 0 atom stereocenters. The third-order valence-corrected chi connectivity index (χ3v) is 5.85. The Hall–Kier alpha value is -3.82. The van der Waals surface area contributed by atoms with E-state index in [1.54, 1.807) is 29.2 Å². The number of hydrogen-bond donors (Lipinski definition) is 1. The molecule has 2 amide bonds. The Kier molecular flexibility index (Phi) is 8.29. The molecule has 1 saturated carbocycles. The third-order valence-electron chi connectivity index (χ3n) is 5.85. The molecular weight excluding hydrogens is 442 g/mol. The minimum absolute atomic E-state index is 0.0131. The molecular formula is C24H29N3O7. The first-order chi connectivity index (χ1) is 16.3. The van der Waals surface area contributed by atoms with Crippen molar-refractivity contribution in [1.29, 1.82) is 0 Å². The molecule has 2 N–H and O–H groups in total. The summed E-state index contributed by atoms with van der Waals surface area (Å²) in [5.74, 6) is -0.0113. The summed E-state index contributed by atoms with van der Waals surface area (Å²) in [6.07, 6.45) is 4.87. The largest absolute Gasteiger partial charge is 0.493 e. The number of nitro benzene ring substituents is 1. The van der Waals surface area contributed by atoms with Gasteiger partial charge in [-0.3, -0.25) is 19.7 Å². The number of ether oxygens (including phenoxy) is 3. The number of benzene rings is 2. The maximum atomic E-state index is 13.6. The number of nitro groups is 1. The van der Waals surface area contributed by atoms with Gasteiger partial charge >= 0.3 is 5.69 Å². The lowest BCUT2D eigenvalue weighted by molar-refractivity contribution is -0.385. The average molecular weight is 472 g/mol. The fourth-order valence-corrected chi connectivity index (χ4v) is 4.17. The van der Waals surface area contributed by atoms with Crippen LogP contribution in [0, 0.1) is 10.1 Å². The van der Waals surface area contributed by atoms with Crippen LogP contribution in [0.4, 0.5) is 5.69 Å². The van der Waals surface area contributed by atoms with E-state index in [1.165, 1.54) is 26.4 Å². The molecule has 2 aromatic rings. The smallest absolute Gasteiger partial charge is 0.311 e. The van der Waals surface area contributed by atoms with Crippen LogP contribution < -0.4 is 19.9 Å². The molecule has 182 valence electrons. The lowest BCUT2D eigenvalue weighted by Gasteiger charge is -2.34. The molecule has 1 aliphatic carbocycles. The zero-order valence-corrected chi connectivity index (χ0v) is 19.3. The van der Waals surface area contributed by atoms with E-state index in [-0.39, 0.29) is 42.1 Å². The highest BCUT2D eigenvalue weighted by molar-refractivity contribution is 5.95. The summed E-state index contributed by atoms with van der Waals surface area (Å²) >= 11 is 0. The Balaban J connectivity index is 1.91. The van der Waals surface area contributed by atoms with Crippen LogP contribution in [0.25, 0.3) is 0 Å². The number of amides is 2. The van der Waals surface area contributed by atoms with Gasteiger partial charge in [-0.1, -0.05) is 25.3 Å². The SMILES string of the molecule is COc1cc(CN(C(=O)c2ccc(OC)c([N+](=O)[O-])c2)C2CCCCC2)ccc1OCC(N)=O. The molecule has 2 aromatic carbocycles. The highest BCUT2D eigenvalue weighted by Crippen LogP contribution is 2.32. The first-order valence-electron chi connectivity index (χ1n) is 11.1. The second-order valence-electron chi connectivity index (χ2n) is 8.11. The number of carbonyl (C=O) groups excluding carboxylic acids is 2. The summed E-state index contributed by atoms with van der Waals surface area (Å²) < 4.78 is 15.8. The molecule has 0 aliphatic heterocycles. The summed E-state index contributed by atoms with van der Waals surface area (Å²) in [6.45, 7) is 0.00836. The van der Waals surface area contributed by atoms with Crippen molar-refractivity contribution in [1.82, 2.24) is 4.90 Å². The maximum Gasteiger partial charge on any atom is 0.311 e. The van der Waals surface area contributed by atoms with Crippen molar-refractivity contribution in [2.24, 2.45) is 5.73 Å². The zero-order valence-electron chi connectivity index (χ0n) is 19.3. The van der Waals surface area contributed by atoms with Crippen LogP contribution in [0.3, 0.4) is 0 Å². The number of rotatable bonds is 10. The van der Waals surface area contributed by atoms with Crippen LogP contribution in [-0.4, -0.2) is 48.5 Å². The minimum Gasteiger partial charge on any atom is -0.493 e. The molecule has 0 saturated heterocycles. The molecule has 0 heterocycles. The van der Waals surface area contributed by atoms with E-state index < -0.39 is 10.8 Å². The van der Waals surface area contributed by atoms with Gasteiger partial charge in [0.2, 0.25) is 0 Å². The summed E-state index contributed by atoms with van der Waals surface area (Å²) in [5, 5.41) is 11.5. The number of primary amides is 1. The maximum absolute atomic E-state index is 13.6. The molecule has 0 radical (unpaired) electrons. The highest BCUT2D eigenvalue weighted by Gasteiger charge is 2.28. The molecule has 34 heavy (non-hydrogen) atoms. The minimum atomic E-state index is -0.603. The first-order valence-corrected chi connectivity index (χ1v) is 11.1. The van der Waals surface area contributed by atoms with E-state index in [1.807, 2.05) is 0 Å². The van der Waals surface area contributed by atoms with Crippen molar-refractivity contribution in [3.8, 4) is 17.2 Å². The number of methoxy groups -OCH3 is 2. The van der Waals surface area contributed by atoms with Gasteiger partial charge in [-0.25, -0.2) is 0 Å². The van der Waals surface area contributed by atoms with E-state index in [2.05, 4.69) is 0 Å². The van der Waals surface area contributed by atoms with Gasteiger partial charge in [0, 0.05) is 24.2 Å². The van der Waals surface area contributed by atoms with Crippen LogP contribution in [-0.2, 0) is 11.3 Å². The summed E-state index contributed by atoms with van der Waals surface area (Å²) in [4.78, 5) is 37.3. The van der Waals surface area contributed by atoms with Crippen LogP contribution in [0.1, 0.15) is 48.0 Å². The van der Waals surface area contributed by atoms with Gasteiger partial charge < -0.3 is 24.8 Å². The van der Waals surface area contributed by atoms with Crippen molar-refractivity contribution in [2.75, 3.05) is 20.8 Å². The van der Waals surface area contributed by atoms with Gasteiger partial charge in [0.25, 0.3) is 11.8 Å². The zero-order chi connectivity index (χ0) is 24.7. The van der Waals surface area contributed by atoms with Crippen LogP contribution >= 0.6 is 0 Å².